The standard InChI is InChI=1S/C16H30N4/c1-12(11-17-15-6-7-15)10-16-13(2)18-20(14(16)3)9-8-19(4)5/h12,15,17H,6-11H2,1-5H3. The number of nitrogens with one attached hydrogen (secondary N) is 1. The fourth-order valence-electron chi connectivity index (χ4n) is 2.62. The van der Waals surface area contributed by atoms with Gasteiger partial charge in [0.15, 0.2) is 0 Å². The monoisotopic (exact) mass is 278 g/mol. The summed E-state index contributed by atoms with van der Waals surface area (Å²) in [6, 6.07) is 0.808. The molecule has 1 fully saturated rings. The van der Waals surface area contributed by atoms with Crippen molar-refractivity contribution in [3.05, 3.63) is 17.0 Å². The SMILES string of the molecule is Cc1nn(CCN(C)C)c(C)c1CC(C)CNC1CC1. The number of aryl methyl sites for hydroxylation is 1. The van der Waals surface area contributed by atoms with Crippen molar-refractivity contribution >= 4 is 0 Å². The summed E-state index contributed by atoms with van der Waals surface area (Å²) in [7, 11) is 4.22. The molecule has 0 spiro atoms. The predicted molar refractivity (Wildman–Crippen MR) is 84.1 cm³/mol. The third-order valence-electron chi connectivity index (χ3n) is 4.18. The van der Waals surface area contributed by atoms with Crippen LogP contribution < -0.4 is 5.32 Å². The first kappa shape index (κ1) is 15.5. The minimum absolute atomic E-state index is 0.680. The summed E-state index contributed by atoms with van der Waals surface area (Å²) in [5.41, 5.74) is 4.01. The quantitative estimate of drug-likeness (QED) is 0.789. The smallest absolute Gasteiger partial charge is 0.0628 e. The Morgan fingerprint density at radius 3 is 2.65 bits per heavy atom. The highest BCUT2D eigenvalue weighted by atomic mass is 15.3. The van der Waals surface area contributed by atoms with E-state index in [2.05, 4.69) is 49.8 Å². The zero-order chi connectivity index (χ0) is 14.7. The Bertz CT molecular complexity index is 432. The zero-order valence-corrected chi connectivity index (χ0v) is 13.7. The van der Waals surface area contributed by atoms with Crippen molar-refractivity contribution in [1.82, 2.24) is 20.0 Å². The Morgan fingerprint density at radius 2 is 2.05 bits per heavy atom. The molecule has 0 radical (unpaired) electrons. The minimum atomic E-state index is 0.680. The number of hydrogen-bond donors (Lipinski definition) is 1. The molecule has 0 saturated heterocycles. The summed E-state index contributed by atoms with van der Waals surface area (Å²) in [6.45, 7) is 9.86. The summed E-state index contributed by atoms with van der Waals surface area (Å²) in [6.07, 6.45) is 3.87. The van der Waals surface area contributed by atoms with Gasteiger partial charge in [0, 0.05) is 18.3 Å². The highest BCUT2D eigenvalue weighted by Gasteiger charge is 2.21. The van der Waals surface area contributed by atoms with Crippen LogP contribution in [0.15, 0.2) is 0 Å². The first-order valence-electron chi connectivity index (χ1n) is 7.88. The molecule has 2 rings (SSSR count). The van der Waals surface area contributed by atoms with Crippen LogP contribution in [0, 0.1) is 19.8 Å². The van der Waals surface area contributed by atoms with E-state index < -0.39 is 0 Å². The van der Waals surface area contributed by atoms with Crippen LogP contribution >= 0.6 is 0 Å². The third-order valence-corrected chi connectivity index (χ3v) is 4.18. The topological polar surface area (TPSA) is 33.1 Å². The highest BCUT2D eigenvalue weighted by Crippen LogP contribution is 2.21. The van der Waals surface area contributed by atoms with Crippen molar-refractivity contribution in [2.75, 3.05) is 27.2 Å². The van der Waals surface area contributed by atoms with Crippen molar-refractivity contribution in [2.24, 2.45) is 5.92 Å². The van der Waals surface area contributed by atoms with Crippen molar-refractivity contribution in [3.63, 3.8) is 0 Å². The number of nitrogens with zero attached hydrogens (tertiary/aromatic N) is 3. The number of aromatic nitrogens is 2. The molecule has 1 unspecified atom stereocenters. The van der Waals surface area contributed by atoms with Gasteiger partial charge in [-0.3, -0.25) is 4.68 Å². The Morgan fingerprint density at radius 1 is 1.35 bits per heavy atom. The summed E-state index contributed by atoms with van der Waals surface area (Å²) < 4.78 is 2.17. The number of likely N-dealkylation sites (N-methyl/N-ethyl adjacent to an activating group) is 1. The Hall–Kier alpha value is -0.870. The first-order chi connectivity index (χ1) is 9.47. The van der Waals surface area contributed by atoms with E-state index in [1.165, 1.54) is 29.8 Å². The zero-order valence-electron chi connectivity index (χ0n) is 13.7. The fourth-order valence-corrected chi connectivity index (χ4v) is 2.62. The molecule has 1 aromatic rings. The van der Waals surface area contributed by atoms with Gasteiger partial charge in [-0.15, -0.1) is 0 Å². The second-order valence-electron chi connectivity index (χ2n) is 6.67. The van der Waals surface area contributed by atoms with Gasteiger partial charge in [0.05, 0.1) is 12.2 Å². The van der Waals surface area contributed by atoms with Crippen LogP contribution in [-0.2, 0) is 13.0 Å². The molecule has 0 bridgehead atoms. The average molecular weight is 278 g/mol. The lowest BCUT2D eigenvalue weighted by Gasteiger charge is -2.13. The van der Waals surface area contributed by atoms with Crippen LogP contribution in [0.2, 0.25) is 0 Å². The maximum Gasteiger partial charge on any atom is 0.0628 e. The summed E-state index contributed by atoms with van der Waals surface area (Å²) in [4.78, 5) is 2.21. The lowest BCUT2D eigenvalue weighted by atomic mass is 9.99. The van der Waals surface area contributed by atoms with E-state index in [-0.39, 0.29) is 0 Å². The average Bonchev–Trinajstić information content (AvgIpc) is 3.17. The molecular formula is C16H30N4. The van der Waals surface area contributed by atoms with Crippen molar-refractivity contribution in [3.8, 4) is 0 Å². The van der Waals surface area contributed by atoms with E-state index in [0.29, 0.717) is 5.92 Å². The van der Waals surface area contributed by atoms with Crippen molar-refractivity contribution in [2.45, 2.75) is 52.6 Å². The maximum atomic E-state index is 4.71. The van der Waals surface area contributed by atoms with E-state index in [1.54, 1.807) is 0 Å². The summed E-state index contributed by atoms with van der Waals surface area (Å²) in [5.74, 6) is 0.680. The molecule has 0 aromatic carbocycles. The van der Waals surface area contributed by atoms with Crippen LogP contribution in [-0.4, -0.2) is 47.9 Å². The minimum Gasteiger partial charge on any atom is -0.314 e. The van der Waals surface area contributed by atoms with E-state index in [4.69, 9.17) is 5.10 Å². The molecule has 20 heavy (non-hydrogen) atoms. The predicted octanol–water partition coefficient (Wildman–Crippen LogP) is 1.99. The maximum absolute atomic E-state index is 4.71. The van der Waals surface area contributed by atoms with Crippen LogP contribution in [0.5, 0.6) is 0 Å². The molecule has 1 saturated carbocycles. The normalized spacial score (nSPS) is 16.9. The van der Waals surface area contributed by atoms with Crippen molar-refractivity contribution < 1.29 is 0 Å². The second-order valence-corrected chi connectivity index (χ2v) is 6.67. The van der Waals surface area contributed by atoms with E-state index in [0.717, 1.165) is 32.1 Å². The van der Waals surface area contributed by atoms with Crippen molar-refractivity contribution in [1.29, 1.82) is 0 Å². The molecule has 1 aromatic heterocycles. The first-order valence-corrected chi connectivity index (χ1v) is 7.88. The van der Waals surface area contributed by atoms with Gasteiger partial charge in [-0.2, -0.15) is 5.10 Å². The molecule has 1 N–H and O–H groups in total. The van der Waals surface area contributed by atoms with Gasteiger partial charge in [0.25, 0.3) is 0 Å². The molecule has 1 heterocycles. The third kappa shape index (κ3) is 4.32. The Labute approximate surface area is 123 Å². The lowest BCUT2D eigenvalue weighted by Crippen LogP contribution is -2.24. The van der Waals surface area contributed by atoms with Gasteiger partial charge in [-0.1, -0.05) is 6.92 Å². The molecular weight excluding hydrogens is 248 g/mol. The van der Waals surface area contributed by atoms with E-state index in [1.807, 2.05) is 0 Å². The number of rotatable bonds is 8. The molecule has 114 valence electrons. The van der Waals surface area contributed by atoms with Crippen LogP contribution in [0.4, 0.5) is 0 Å². The summed E-state index contributed by atoms with van der Waals surface area (Å²) in [5, 5.41) is 8.34. The fraction of sp³-hybridized carbons (Fsp3) is 0.812. The van der Waals surface area contributed by atoms with Gasteiger partial charge < -0.3 is 10.2 Å². The molecule has 1 aliphatic rings. The molecule has 0 amide bonds. The Kier molecular flexibility index (Phi) is 5.22. The lowest BCUT2D eigenvalue weighted by molar-refractivity contribution is 0.370. The summed E-state index contributed by atoms with van der Waals surface area (Å²) >= 11 is 0. The molecule has 1 atom stereocenters. The molecule has 1 aliphatic carbocycles. The number of hydrogen-bond acceptors (Lipinski definition) is 3. The Balaban J connectivity index is 1.92. The highest BCUT2D eigenvalue weighted by molar-refractivity contribution is 5.25. The van der Waals surface area contributed by atoms with E-state index >= 15 is 0 Å². The van der Waals surface area contributed by atoms with Crippen LogP contribution in [0.3, 0.4) is 0 Å². The van der Waals surface area contributed by atoms with Crippen LogP contribution in [0.1, 0.15) is 36.7 Å². The molecule has 0 aliphatic heterocycles. The van der Waals surface area contributed by atoms with Gasteiger partial charge in [-0.05, 0) is 65.2 Å². The van der Waals surface area contributed by atoms with Gasteiger partial charge in [0.1, 0.15) is 0 Å². The second kappa shape index (κ2) is 6.72. The van der Waals surface area contributed by atoms with Gasteiger partial charge in [-0.25, -0.2) is 0 Å². The van der Waals surface area contributed by atoms with Gasteiger partial charge in [0.2, 0.25) is 0 Å². The molecule has 4 nitrogen and oxygen atoms in total. The van der Waals surface area contributed by atoms with E-state index in [9.17, 15) is 0 Å². The van der Waals surface area contributed by atoms with Crippen LogP contribution in [0.25, 0.3) is 0 Å². The van der Waals surface area contributed by atoms with Gasteiger partial charge >= 0.3 is 0 Å². The largest absolute Gasteiger partial charge is 0.314 e. The molecule has 4 heteroatoms.